The van der Waals surface area contributed by atoms with Crippen LogP contribution in [0.15, 0.2) is 0 Å². The number of rotatable bonds is 11. The molecule has 0 aliphatic rings. The summed E-state index contributed by atoms with van der Waals surface area (Å²) in [6.45, 7) is 8.96. The molecule has 17 heavy (non-hydrogen) atoms. The molecule has 0 heterocycles. The molecule has 0 aromatic rings. The van der Waals surface area contributed by atoms with Gasteiger partial charge in [-0.2, -0.15) is 0 Å². The van der Waals surface area contributed by atoms with Crippen LogP contribution in [0.3, 0.4) is 0 Å². The molecule has 0 rings (SSSR count). The molecule has 0 aliphatic carbocycles. The molecule has 0 aromatic heterocycles. The second kappa shape index (κ2) is 9.67. The fraction of sp³-hybridized carbons (Fsp3) is 0.938. The van der Waals surface area contributed by atoms with Crippen LogP contribution in [0.5, 0.6) is 0 Å². The van der Waals surface area contributed by atoms with Gasteiger partial charge < -0.3 is 0 Å². The van der Waals surface area contributed by atoms with Crippen molar-refractivity contribution in [3.8, 4) is 0 Å². The first kappa shape index (κ1) is 16.7. The normalized spacial score (nSPS) is 13.6. The Morgan fingerprint density at radius 1 is 0.941 bits per heavy atom. The van der Waals surface area contributed by atoms with E-state index in [1.54, 1.807) is 0 Å². The summed E-state index contributed by atoms with van der Waals surface area (Å²) in [5.74, 6) is 0.153. The van der Waals surface area contributed by atoms with Gasteiger partial charge in [0.25, 0.3) is 0 Å². The molecule has 101 valence electrons. The summed E-state index contributed by atoms with van der Waals surface area (Å²) >= 11 is 0. The van der Waals surface area contributed by atoms with Crippen LogP contribution in [0.1, 0.15) is 85.5 Å². The minimum atomic E-state index is 0.153. The van der Waals surface area contributed by atoms with Crippen LogP contribution in [0.2, 0.25) is 0 Å². The third kappa shape index (κ3) is 6.24. The highest BCUT2D eigenvalue weighted by molar-refractivity contribution is 5.55. The van der Waals surface area contributed by atoms with E-state index in [-0.39, 0.29) is 11.3 Å². The maximum Gasteiger partial charge on any atom is 0.202 e. The molecule has 0 saturated heterocycles. The van der Waals surface area contributed by atoms with Gasteiger partial charge in [0.2, 0.25) is 6.29 Å². The van der Waals surface area contributed by atoms with Gasteiger partial charge in [0.05, 0.1) is 0 Å². The van der Waals surface area contributed by atoms with Gasteiger partial charge in [-0.15, -0.1) is 0 Å². The topological polar surface area (TPSA) is 17.1 Å². The lowest BCUT2D eigenvalue weighted by Crippen LogP contribution is -2.29. The van der Waals surface area contributed by atoms with Gasteiger partial charge in [0.1, 0.15) is 0 Å². The Labute approximate surface area is 108 Å². The van der Waals surface area contributed by atoms with Gasteiger partial charge in [-0.1, -0.05) is 66.2 Å². The van der Waals surface area contributed by atoms with E-state index in [4.69, 9.17) is 0 Å². The van der Waals surface area contributed by atoms with E-state index in [1.165, 1.54) is 44.9 Å². The Hall–Kier alpha value is -0.330. The third-order valence-corrected chi connectivity index (χ3v) is 4.03. The Balaban J connectivity index is 4.52. The van der Waals surface area contributed by atoms with Crippen molar-refractivity contribution in [1.29, 1.82) is 0 Å². The Kier molecular flexibility index (Phi) is 9.49. The zero-order chi connectivity index (χ0) is 13.1. The molecule has 0 aromatic carbocycles. The van der Waals surface area contributed by atoms with Crippen LogP contribution in [-0.2, 0) is 4.79 Å². The van der Waals surface area contributed by atoms with Crippen molar-refractivity contribution in [2.24, 2.45) is 11.3 Å². The molecule has 1 heteroatoms. The largest absolute Gasteiger partial charge is 0.291 e. The lowest BCUT2D eigenvalue weighted by Gasteiger charge is -2.35. The molecule has 1 nitrogen and oxygen atoms in total. The smallest absolute Gasteiger partial charge is 0.202 e. The Bertz CT molecular complexity index is 178. The maximum absolute atomic E-state index is 11.3. The van der Waals surface area contributed by atoms with Crippen LogP contribution >= 0.6 is 0 Å². The maximum atomic E-state index is 11.3. The summed E-state index contributed by atoms with van der Waals surface area (Å²) in [6.07, 6.45) is 13.0. The molecular formula is C16H31O. The first-order valence-corrected chi connectivity index (χ1v) is 7.52. The first-order valence-electron chi connectivity index (χ1n) is 7.52. The lowest BCUT2D eigenvalue weighted by molar-refractivity contribution is 0.178. The third-order valence-electron chi connectivity index (χ3n) is 4.03. The second-order valence-corrected chi connectivity index (χ2v) is 5.67. The summed E-state index contributed by atoms with van der Waals surface area (Å²) in [7, 11) is 0. The Morgan fingerprint density at radius 3 is 1.76 bits per heavy atom. The van der Waals surface area contributed by atoms with E-state index in [0.29, 0.717) is 0 Å². The highest BCUT2D eigenvalue weighted by Gasteiger charge is 2.32. The average molecular weight is 239 g/mol. The van der Waals surface area contributed by atoms with Gasteiger partial charge in [0, 0.05) is 5.92 Å². The van der Waals surface area contributed by atoms with Crippen LogP contribution in [0, 0.1) is 11.3 Å². The molecule has 0 aliphatic heterocycles. The van der Waals surface area contributed by atoms with Crippen molar-refractivity contribution in [3.05, 3.63) is 0 Å². The minimum Gasteiger partial charge on any atom is -0.291 e. The number of hydrogen-bond donors (Lipinski definition) is 0. The van der Waals surface area contributed by atoms with Gasteiger partial charge in [-0.3, -0.25) is 4.79 Å². The van der Waals surface area contributed by atoms with E-state index in [1.807, 2.05) is 0 Å². The summed E-state index contributed by atoms with van der Waals surface area (Å²) in [5.41, 5.74) is 0.197. The van der Waals surface area contributed by atoms with E-state index in [2.05, 4.69) is 34.0 Å². The quantitative estimate of drug-likeness (QED) is 0.479. The zero-order valence-corrected chi connectivity index (χ0v) is 12.3. The summed E-state index contributed by atoms with van der Waals surface area (Å²) in [5, 5.41) is 0. The zero-order valence-electron chi connectivity index (χ0n) is 12.3. The van der Waals surface area contributed by atoms with Crippen molar-refractivity contribution in [2.45, 2.75) is 85.5 Å². The molecule has 0 N–H and O–H groups in total. The van der Waals surface area contributed by atoms with Crippen LogP contribution < -0.4 is 0 Å². The molecule has 0 spiro atoms. The van der Waals surface area contributed by atoms with Gasteiger partial charge in [-0.05, 0) is 24.7 Å². The average Bonchev–Trinajstić information content (AvgIpc) is 2.35. The molecular weight excluding hydrogens is 208 g/mol. The fourth-order valence-electron chi connectivity index (χ4n) is 2.59. The monoisotopic (exact) mass is 239 g/mol. The molecule has 1 radical (unpaired) electrons. The Morgan fingerprint density at radius 2 is 1.41 bits per heavy atom. The van der Waals surface area contributed by atoms with Crippen LogP contribution in [0.25, 0.3) is 0 Å². The highest BCUT2D eigenvalue weighted by atomic mass is 16.1. The first-order chi connectivity index (χ1) is 8.14. The molecule has 1 unspecified atom stereocenters. The lowest BCUT2D eigenvalue weighted by atomic mass is 9.69. The molecule has 0 bridgehead atoms. The van der Waals surface area contributed by atoms with Crippen molar-refractivity contribution < 1.29 is 4.79 Å². The summed E-state index contributed by atoms with van der Waals surface area (Å²) in [4.78, 5) is 11.3. The summed E-state index contributed by atoms with van der Waals surface area (Å²) < 4.78 is 0. The number of unbranched alkanes of at least 4 members (excludes halogenated alkanes) is 3. The van der Waals surface area contributed by atoms with Gasteiger partial charge >= 0.3 is 0 Å². The van der Waals surface area contributed by atoms with E-state index in [9.17, 15) is 4.79 Å². The van der Waals surface area contributed by atoms with Gasteiger partial charge in [-0.25, -0.2) is 0 Å². The molecule has 0 saturated carbocycles. The standard InChI is InChI=1S/C16H31O/c1-5-8-11-15(14-17)16(4,12-9-6-2)13-10-7-3/h15H,5-13H2,1-4H3. The van der Waals surface area contributed by atoms with Crippen LogP contribution in [-0.4, -0.2) is 6.29 Å². The SMILES string of the molecule is CCCCC([C]=O)C(C)(CCCC)CCCC. The fourth-order valence-corrected chi connectivity index (χ4v) is 2.59. The van der Waals surface area contributed by atoms with E-state index in [0.717, 1.165) is 12.8 Å². The second-order valence-electron chi connectivity index (χ2n) is 5.67. The van der Waals surface area contributed by atoms with Crippen molar-refractivity contribution in [3.63, 3.8) is 0 Å². The van der Waals surface area contributed by atoms with Crippen LogP contribution in [0.4, 0.5) is 0 Å². The minimum absolute atomic E-state index is 0.153. The predicted octanol–water partition coefficient (Wildman–Crippen LogP) is 5.29. The predicted molar refractivity (Wildman–Crippen MR) is 75.9 cm³/mol. The van der Waals surface area contributed by atoms with Crippen molar-refractivity contribution in [2.75, 3.05) is 0 Å². The van der Waals surface area contributed by atoms with Gasteiger partial charge in [0.15, 0.2) is 0 Å². The van der Waals surface area contributed by atoms with Crippen molar-refractivity contribution in [1.82, 2.24) is 0 Å². The van der Waals surface area contributed by atoms with E-state index >= 15 is 0 Å². The van der Waals surface area contributed by atoms with Crippen molar-refractivity contribution >= 4 is 6.29 Å². The van der Waals surface area contributed by atoms with E-state index < -0.39 is 0 Å². The molecule has 0 amide bonds. The molecule has 0 fully saturated rings. The number of carbonyl (C=O) groups excluding carboxylic acids is 1. The highest BCUT2D eigenvalue weighted by Crippen LogP contribution is 2.39. The summed E-state index contributed by atoms with van der Waals surface area (Å²) in [6, 6.07) is 0. The number of hydrogen-bond acceptors (Lipinski definition) is 1. The molecule has 1 atom stereocenters.